The SMILES string of the molecule is CC/C=C\C/C=C\C/C=C\C/C=C\C/C=C\CCCC(=O)OCC(COP(=O)(O)OCC(O)COP(=O)(O)OCC(COC(=O)CCCCCCC/C=C\C/C=C\CCC)OC(=O)CCCCCCCCCCCCCCC)OC(=O)CCCCCCCCCCCCC. The fourth-order valence-electron chi connectivity index (χ4n) is 9.76. The van der Waals surface area contributed by atoms with E-state index in [4.69, 9.17) is 37.0 Å². The molecule has 544 valence electrons. The summed E-state index contributed by atoms with van der Waals surface area (Å²) in [7, 11) is -9.95. The Hall–Kier alpha value is -3.76. The Morgan fingerprint density at radius 1 is 0.309 bits per heavy atom. The summed E-state index contributed by atoms with van der Waals surface area (Å²) in [6, 6.07) is 0. The predicted molar refractivity (Wildman–Crippen MR) is 381 cm³/mol. The van der Waals surface area contributed by atoms with Gasteiger partial charge in [-0.2, -0.15) is 0 Å². The summed E-state index contributed by atoms with van der Waals surface area (Å²) in [5.41, 5.74) is 0. The van der Waals surface area contributed by atoms with Crippen molar-refractivity contribution in [2.75, 3.05) is 39.6 Å². The third kappa shape index (κ3) is 66.8. The van der Waals surface area contributed by atoms with E-state index in [0.29, 0.717) is 32.1 Å². The van der Waals surface area contributed by atoms with Gasteiger partial charge < -0.3 is 33.8 Å². The molecule has 0 amide bonds. The Kier molecular flexibility index (Phi) is 65.1. The number of rotatable bonds is 69. The van der Waals surface area contributed by atoms with Gasteiger partial charge in [-0.3, -0.25) is 37.3 Å². The number of hydrogen-bond acceptors (Lipinski definition) is 15. The lowest BCUT2D eigenvalue weighted by Gasteiger charge is -2.21. The molecule has 0 aromatic heterocycles. The van der Waals surface area contributed by atoms with Gasteiger partial charge in [0.15, 0.2) is 12.2 Å². The van der Waals surface area contributed by atoms with Gasteiger partial charge in [0, 0.05) is 25.7 Å². The molecule has 0 fully saturated rings. The number of carbonyl (C=O) groups excluding carboxylic acids is 4. The lowest BCUT2D eigenvalue weighted by Crippen LogP contribution is -2.30. The van der Waals surface area contributed by atoms with Crippen molar-refractivity contribution in [1.29, 1.82) is 0 Å². The molecule has 0 aliphatic heterocycles. The minimum Gasteiger partial charge on any atom is -0.462 e. The lowest BCUT2D eigenvalue weighted by molar-refractivity contribution is -0.161. The third-order valence-corrected chi connectivity index (χ3v) is 17.3. The van der Waals surface area contributed by atoms with Crippen LogP contribution in [0.1, 0.15) is 310 Å². The van der Waals surface area contributed by atoms with Crippen molar-refractivity contribution < 1.29 is 80.2 Å². The second kappa shape index (κ2) is 67.8. The molecule has 5 unspecified atom stereocenters. The summed E-state index contributed by atoms with van der Waals surface area (Å²) >= 11 is 0. The summed E-state index contributed by atoms with van der Waals surface area (Å²) in [4.78, 5) is 72.6. The van der Waals surface area contributed by atoms with Crippen LogP contribution in [0.5, 0.6) is 0 Å². The molecule has 17 nitrogen and oxygen atoms in total. The number of phosphoric ester groups is 2. The van der Waals surface area contributed by atoms with Crippen LogP contribution in [0.3, 0.4) is 0 Å². The second-order valence-electron chi connectivity index (χ2n) is 24.5. The van der Waals surface area contributed by atoms with E-state index in [0.717, 1.165) is 135 Å². The zero-order chi connectivity index (χ0) is 69.0. The molecule has 0 heterocycles. The van der Waals surface area contributed by atoms with Gasteiger partial charge in [0.25, 0.3) is 0 Å². The number of carbonyl (C=O) groups is 4. The van der Waals surface area contributed by atoms with Crippen LogP contribution in [0.2, 0.25) is 0 Å². The molecule has 0 bridgehead atoms. The summed E-state index contributed by atoms with van der Waals surface area (Å²) in [5, 5.41) is 10.6. The molecular weight excluding hydrogens is 1230 g/mol. The van der Waals surface area contributed by atoms with Crippen molar-refractivity contribution in [3.8, 4) is 0 Å². The van der Waals surface area contributed by atoms with E-state index in [1.807, 2.05) is 12.2 Å². The molecule has 0 radical (unpaired) electrons. The van der Waals surface area contributed by atoms with Gasteiger partial charge in [-0.1, -0.05) is 280 Å². The third-order valence-electron chi connectivity index (χ3n) is 15.4. The number of aliphatic hydroxyl groups is 1. The Morgan fingerprint density at radius 2 is 0.585 bits per heavy atom. The van der Waals surface area contributed by atoms with Crippen LogP contribution in [0, 0.1) is 0 Å². The average Bonchev–Trinajstić information content (AvgIpc) is 1.32. The van der Waals surface area contributed by atoms with E-state index < -0.39 is 97.5 Å². The standard InChI is InChI=1S/C75H132O17P2/c1-5-9-13-17-21-25-29-32-33-34-35-38-41-44-48-52-56-60-73(78)86-65-70(91-74(79)61-57-53-49-45-39-28-24-20-16-12-8-4)67-89-93(81,82)87-63-69(76)64-88-94(83,84)90-68-71(92-75(80)62-58-54-50-46-42-37-31-27-23-19-15-11-7-3)66-85-72(77)59-55-51-47-43-40-36-30-26-22-18-14-10-6-2/h9,13-14,18,21,25-26,30,32-33,35,38,44,48,69-71,76H,5-8,10-12,15-17,19-20,22-24,27-29,31,34,36-37,39-43,45-47,49-68H2,1-4H3,(H,81,82)(H,83,84)/b13-9-,18-14-,25-21-,30-26-,33-32-,38-35-,48-44-. The van der Waals surface area contributed by atoms with Crippen LogP contribution in [0.4, 0.5) is 0 Å². The highest BCUT2D eigenvalue weighted by atomic mass is 31.2. The van der Waals surface area contributed by atoms with Crippen molar-refractivity contribution in [1.82, 2.24) is 0 Å². The second-order valence-corrected chi connectivity index (χ2v) is 27.4. The molecule has 94 heavy (non-hydrogen) atoms. The minimum absolute atomic E-state index is 0.0856. The van der Waals surface area contributed by atoms with Crippen molar-refractivity contribution >= 4 is 39.5 Å². The monoisotopic (exact) mass is 1370 g/mol. The molecular formula is C75H132O17P2. The van der Waals surface area contributed by atoms with Crippen LogP contribution in [-0.2, 0) is 65.4 Å². The number of hydrogen-bond donors (Lipinski definition) is 3. The largest absolute Gasteiger partial charge is 0.472 e. The molecule has 3 N–H and O–H groups in total. The summed E-state index contributed by atoms with van der Waals surface area (Å²) in [6.45, 7) is 4.62. The smallest absolute Gasteiger partial charge is 0.462 e. The quantitative estimate of drug-likeness (QED) is 0.0169. The van der Waals surface area contributed by atoms with E-state index in [1.54, 1.807) is 0 Å². The highest BCUT2D eigenvalue weighted by molar-refractivity contribution is 7.47. The maximum atomic E-state index is 13.0. The van der Waals surface area contributed by atoms with Gasteiger partial charge in [0.05, 0.1) is 26.4 Å². The predicted octanol–water partition coefficient (Wildman–Crippen LogP) is 20.7. The van der Waals surface area contributed by atoms with E-state index >= 15 is 0 Å². The Balaban J connectivity index is 5.35. The minimum atomic E-state index is -4.98. The maximum absolute atomic E-state index is 13.0. The number of esters is 4. The highest BCUT2D eigenvalue weighted by Gasteiger charge is 2.30. The average molecular weight is 1370 g/mol. The van der Waals surface area contributed by atoms with Gasteiger partial charge >= 0.3 is 39.5 Å². The van der Waals surface area contributed by atoms with Crippen molar-refractivity contribution in [3.63, 3.8) is 0 Å². The molecule has 0 rings (SSSR count). The molecule has 0 spiro atoms. The first-order valence-electron chi connectivity index (χ1n) is 36.8. The number of allylic oxidation sites excluding steroid dienone is 14. The van der Waals surface area contributed by atoms with Crippen LogP contribution in [0.15, 0.2) is 85.1 Å². The topological polar surface area (TPSA) is 237 Å². The Bertz CT molecular complexity index is 2120. The first-order chi connectivity index (χ1) is 45.7. The van der Waals surface area contributed by atoms with Gasteiger partial charge in [-0.05, 0) is 89.9 Å². The Morgan fingerprint density at radius 3 is 0.936 bits per heavy atom. The van der Waals surface area contributed by atoms with Crippen LogP contribution >= 0.6 is 15.6 Å². The normalized spacial score (nSPS) is 14.5. The van der Waals surface area contributed by atoms with Crippen LogP contribution in [0.25, 0.3) is 0 Å². The van der Waals surface area contributed by atoms with E-state index in [1.165, 1.54) is 89.9 Å². The summed E-state index contributed by atoms with van der Waals surface area (Å²) < 4.78 is 68.3. The fraction of sp³-hybridized carbons (Fsp3) is 0.760. The summed E-state index contributed by atoms with van der Waals surface area (Å²) in [6.07, 6.45) is 67.4. The van der Waals surface area contributed by atoms with Crippen LogP contribution < -0.4 is 0 Å². The number of aliphatic hydroxyl groups excluding tert-OH is 1. The van der Waals surface area contributed by atoms with E-state index in [2.05, 4.69) is 101 Å². The van der Waals surface area contributed by atoms with Gasteiger partial charge in [0.1, 0.15) is 19.3 Å². The molecule has 5 atom stereocenters. The van der Waals surface area contributed by atoms with E-state index in [-0.39, 0.29) is 25.7 Å². The number of ether oxygens (including phenoxy) is 4. The molecule has 0 aliphatic rings. The van der Waals surface area contributed by atoms with Gasteiger partial charge in [-0.15, -0.1) is 0 Å². The number of unbranched alkanes of at least 4 members (excludes halogenated alkanes) is 29. The molecule has 0 saturated heterocycles. The first kappa shape index (κ1) is 90.2. The lowest BCUT2D eigenvalue weighted by atomic mass is 10.0. The zero-order valence-electron chi connectivity index (χ0n) is 59.1. The Labute approximate surface area is 570 Å². The fourth-order valence-corrected chi connectivity index (χ4v) is 11.3. The van der Waals surface area contributed by atoms with Crippen molar-refractivity contribution in [3.05, 3.63) is 85.1 Å². The summed E-state index contributed by atoms with van der Waals surface area (Å²) in [5.74, 6) is -2.24. The highest BCUT2D eigenvalue weighted by Crippen LogP contribution is 2.45. The molecule has 0 aromatic carbocycles. The molecule has 0 saturated carbocycles. The van der Waals surface area contributed by atoms with Gasteiger partial charge in [0.2, 0.25) is 0 Å². The molecule has 19 heteroatoms. The molecule has 0 aromatic rings. The maximum Gasteiger partial charge on any atom is 0.472 e. The van der Waals surface area contributed by atoms with Crippen molar-refractivity contribution in [2.24, 2.45) is 0 Å². The number of phosphoric acid groups is 2. The molecule has 0 aliphatic carbocycles. The van der Waals surface area contributed by atoms with E-state index in [9.17, 15) is 43.2 Å². The van der Waals surface area contributed by atoms with Crippen LogP contribution in [-0.4, -0.2) is 96.7 Å². The van der Waals surface area contributed by atoms with Gasteiger partial charge in [-0.25, -0.2) is 9.13 Å². The van der Waals surface area contributed by atoms with Crippen molar-refractivity contribution in [2.45, 2.75) is 329 Å². The zero-order valence-corrected chi connectivity index (χ0v) is 60.9. The first-order valence-corrected chi connectivity index (χ1v) is 39.8.